The first-order valence-electron chi connectivity index (χ1n) is 5.74. The van der Waals surface area contributed by atoms with Crippen molar-refractivity contribution in [3.63, 3.8) is 0 Å². The Morgan fingerprint density at radius 1 is 1.24 bits per heavy atom. The van der Waals surface area contributed by atoms with Gasteiger partial charge < -0.3 is 25.1 Å². The van der Waals surface area contributed by atoms with Crippen LogP contribution in [0.25, 0.3) is 0 Å². The van der Waals surface area contributed by atoms with Crippen LogP contribution in [0.15, 0.2) is 0 Å². The molecule has 98 valence electrons. The lowest BCUT2D eigenvalue weighted by Gasteiger charge is -2.22. The van der Waals surface area contributed by atoms with Crippen molar-refractivity contribution in [3.8, 4) is 0 Å². The van der Waals surface area contributed by atoms with Crippen molar-refractivity contribution < 1.29 is 9.47 Å². The van der Waals surface area contributed by atoms with E-state index in [1.165, 1.54) is 0 Å². The molecule has 1 rings (SSSR count). The van der Waals surface area contributed by atoms with Gasteiger partial charge in [0.25, 0.3) is 0 Å². The third kappa shape index (κ3) is 4.24. The summed E-state index contributed by atoms with van der Waals surface area (Å²) in [5, 5.41) is 0. The molecule has 0 fully saturated rings. The predicted molar refractivity (Wildman–Crippen MR) is 68.3 cm³/mol. The van der Waals surface area contributed by atoms with Gasteiger partial charge in [-0.3, -0.25) is 0 Å². The number of hydrogen-bond acceptors (Lipinski definition) is 5. The summed E-state index contributed by atoms with van der Waals surface area (Å²) in [4.78, 5) is 9.51. The van der Waals surface area contributed by atoms with Crippen LogP contribution in [-0.2, 0) is 9.47 Å². The molecule has 0 spiro atoms. The normalized spacial score (nSPS) is 10.8. The van der Waals surface area contributed by atoms with Gasteiger partial charge in [0.05, 0.1) is 6.61 Å². The molecule has 1 aromatic rings. The Balaban J connectivity index is 2.64. The van der Waals surface area contributed by atoms with Crippen molar-refractivity contribution in [1.82, 2.24) is 9.97 Å². The zero-order valence-corrected chi connectivity index (χ0v) is 10.8. The fraction of sp³-hybridized carbons (Fsp3) is 0.727. The number of aryl methyl sites for hydroxylation is 1. The molecule has 0 atom stereocenters. The first kappa shape index (κ1) is 13.8. The van der Waals surface area contributed by atoms with Crippen LogP contribution in [0, 0.1) is 6.92 Å². The molecule has 6 heteroatoms. The van der Waals surface area contributed by atoms with Crippen molar-refractivity contribution in [2.45, 2.75) is 13.3 Å². The van der Waals surface area contributed by atoms with Crippen molar-refractivity contribution in [3.05, 3.63) is 5.82 Å². The zero-order chi connectivity index (χ0) is 12.7. The third-order valence-corrected chi connectivity index (χ3v) is 2.47. The highest BCUT2D eigenvalue weighted by atomic mass is 16.5. The van der Waals surface area contributed by atoms with Gasteiger partial charge in [0.2, 0.25) is 0 Å². The van der Waals surface area contributed by atoms with Crippen molar-refractivity contribution in [2.75, 3.05) is 51.2 Å². The molecule has 0 amide bonds. The summed E-state index contributed by atoms with van der Waals surface area (Å²) in [6.45, 7) is 4.90. The molecule has 0 bridgehead atoms. The Hall–Kier alpha value is -1.27. The largest absolute Gasteiger partial charge is 0.385 e. The maximum atomic E-state index is 5.89. The smallest absolute Gasteiger partial charge is 0.171 e. The van der Waals surface area contributed by atoms with Crippen LogP contribution < -0.4 is 10.6 Å². The highest BCUT2D eigenvalue weighted by Gasteiger charge is 2.13. The standard InChI is InChI=1S/C11H22N4O2/c1-9-13-10(12)11(14-9)15(6-8-17-3)5-4-7-16-2/h4-8,12H2,1-3H3,(H,13,14). The minimum atomic E-state index is 0.607. The second-order valence-corrected chi connectivity index (χ2v) is 3.89. The summed E-state index contributed by atoms with van der Waals surface area (Å²) < 4.78 is 10.1. The van der Waals surface area contributed by atoms with Crippen LogP contribution >= 0.6 is 0 Å². The SMILES string of the molecule is COCCCN(CCOC)c1nc(C)[nH]c1N. The van der Waals surface area contributed by atoms with Gasteiger partial charge in [-0.25, -0.2) is 4.98 Å². The van der Waals surface area contributed by atoms with Crippen molar-refractivity contribution >= 4 is 11.6 Å². The van der Waals surface area contributed by atoms with E-state index in [1.807, 2.05) is 6.92 Å². The lowest BCUT2D eigenvalue weighted by atomic mass is 10.3. The van der Waals surface area contributed by atoms with Crippen molar-refractivity contribution in [2.24, 2.45) is 0 Å². The average molecular weight is 242 g/mol. The van der Waals surface area contributed by atoms with Gasteiger partial charge in [-0.05, 0) is 13.3 Å². The Morgan fingerprint density at radius 2 is 1.94 bits per heavy atom. The average Bonchev–Trinajstić information content (AvgIpc) is 2.63. The summed E-state index contributed by atoms with van der Waals surface area (Å²) in [7, 11) is 3.39. The van der Waals surface area contributed by atoms with Crippen LogP contribution in [0.3, 0.4) is 0 Å². The monoisotopic (exact) mass is 242 g/mol. The lowest BCUT2D eigenvalue weighted by molar-refractivity contribution is 0.191. The predicted octanol–water partition coefficient (Wildman–Crippen LogP) is 0.790. The van der Waals surface area contributed by atoms with E-state index < -0.39 is 0 Å². The van der Waals surface area contributed by atoms with E-state index in [0.29, 0.717) is 12.4 Å². The quantitative estimate of drug-likeness (QED) is 0.659. The van der Waals surface area contributed by atoms with E-state index in [2.05, 4.69) is 14.9 Å². The molecule has 1 aromatic heterocycles. The lowest BCUT2D eigenvalue weighted by Crippen LogP contribution is -2.30. The van der Waals surface area contributed by atoms with E-state index in [-0.39, 0.29) is 0 Å². The van der Waals surface area contributed by atoms with E-state index in [1.54, 1.807) is 14.2 Å². The summed E-state index contributed by atoms with van der Waals surface area (Å²) in [6.07, 6.45) is 0.936. The Morgan fingerprint density at radius 3 is 2.47 bits per heavy atom. The zero-order valence-electron chi connectivity index (χ0n) is 10.8. The maximum Gasteiger partial charge on any atom is 0.171 e. The summed E-state index contributed by atoms with van der Waals surface area (Å²) in [6, 6.07) is 0. The number of nitrogens with zero attached hydrogens (tertiary/aromatic N) is 2. The molecule has 0 aliphatic carbocycles. The summed E-state index contributed by atoms with van der Waals surface area (Å²) in [5.74, 6) is 2.23. The fourth-order valence-corrected chi connectivity index (χ4v) is 1.66. The number of hydrogen-bond donors (Lipinski definition) is 2. The number of ether oxygens (including phenoxy) is 2. The highest BCUT2D eigenvalue weighted by Crippen LogP contribution is 2.19. The summed E-state index contributed by atoms with van der Waals surface area (Å²) >= 11 is 0. The molecule has 3 N–H and O–H groups in total. The van der Waals surface area contributed by atoms with Gasteiger partial charge in [0.1, 0.15) is 11.6 Å². The Kier molecular flexibility index (Phi) is 5.79. The van der Waals surface area contributed by atoms with Crippen LogP contribution in [0.2, 0.25) is 0 Å². The molecule has 0 aliphatic rings. The van der Waals surface area contributed by atoms with Gasteiger partial charge in [0, 0.05) is 33.9 Å². The minimum absolute atomic E-state index is 0.607. The van der Waals surface area contributed by atoms with Crippen molar-refractivity contribution in [1.29, 1.82) is 0 Å². The highest BCUT2D eigenvalue weighted by molar-refractivity contribution is 5.58. The van der Waals surface area contributed by atoms with E-state index >= 15 is 0 Å². The van der Waals surface area contributed by atoms with E-state index in [4.69, 9.17) is 15.2 Å². The molecule has 0 saturated carbocycles. The van der Waals surface area contributed by atoms with Gasteiger partial charge >= 0.3 is 0 Å². The fourth-order valence-electron chi connectivity index (χ4n) is 1.66. The van der Waals surface area contributed by atoms with Gasteiger partial charge in [-0.15, -0.1) is 0 Å². The molecule has 0 aromatic carbocycles. The number of nitrogens with two attached hydrogens (primary N) is 1. The second-order valence-electron chi connectivity index (χ2n) is 3.89. The van der Waals surface area contributed by atoms with Crippen LogP contribution in [0.4, 0.5) is 11.6 Å². The van der Waals surface area contributed by atoms with E-state index in [9.17, 15) is 0 Å². The number of anilines is 2. The first-order valence-corrected chi connectivity index (χ1v) is 5.74. The van der Waals surface area contributed by atoms with E-state index in [0.717, 1.165) is 37.8 Å². The number of aromatic amines is 1. The molecule has 6 nitrogen and oxygen atoms in total. The van der Waals surface area contributed by atoms with Crippen LogP contribution in [0.5, 0.6) is 0 Å². The molecule has 1 heterocycles. The molecular weight excluding hydrogens is 220 g/mol. The number of aromatic nitrogens is 2. The minimum Gasteiger partial charge on any atom is -0.385 e. The molecule has 17 heavy (non-hydrogen) atoms. The molecular formula is C11H22N4O2. The molecule has 0 unspecified atom stereocenters. The van der Waals surface area contributed by atoms with Crippen LogP contribution in [0.1, 0.15) is 12.2 Å². The number of imidazole rings is 1. The Labute approximate surface area is 102 Å². The number of methoxy groups -OCH3 is 2. The third-order valence-electron chi connectivity index (χ3n) is 2.47. The second kappa shape index (κ2) is 7.13. The van der Waals surface area contributed by atoms with Gasteiger partial charge in [0.15, 0.2) is 5.82 Å². The number of nitrogens with one attached hydrogen (secondary N) is 1. The Bertz CT molecular complexity index is 327. The molecule has 0 aliphatic heterocycles. The molecule has 0 saturated heterocycles. The maximum absolute atomic E-state index is 5.89. The number of rotatable bonds is 8. The van der Waals surface area contributed by atoms with Gasteiger partial charge in [-0.2, -0.15) is 0 Å². The first-order chi connectivity index (χ1) is 8.19. The van der Waals surface area contributed by atoms with Gasteiger partial charge in [-0.1, -0.05) is 0 Å². The molecule has 0 radical (unpaired) electrons. The topological polar surface area (TPSA) is 76.4 Å². The number of nitrogen functional groups attached to an aromatic ring is 1. The number of H-pyrrole nitrogens is 1. The van der Waals surface area contributed by atoms with Crippen LogP contribution in [-0.4, -0.2) is 50.5 Å². The summed E-state index contributed by atoms with van der Waals surface area (Å²) in [5.41, 5.74) is 5.89.